The first-order valence-electron chi connectivity index (χ1n) is 9.37. The summed E-state index contributed by atoms with van der Waals surface area (Å²) in [6.45, 7) is 2.34. The number of imidazole rings is 1. The standard InChI is InChI=1S/C22H27N5.HI/c1-23-22(25-14-8-13-19-9-4-2-5-10-19)26-17-21-24-15-16-27(21)18-20-11-6-3-7-12-20;/h2-7,9-12,15-16H,8,13-14,17-18H2,1H3,(H2,23,25,26);1H. The average molecular weight is 489 g/mol. The minimum atomic E-state index is 0. The van der Waals surface area contributed by atoms with Gasteiger partial charge in [0.1, 0.15) is 5.82 Å². The number of benzene rings is 2. The molecule has 2 N–H and O–H groups in total. The van der Waals surface area contributed by atoms with Gasteiger partial charge in [-0.15, -0.1) is 24.0 Å². The minimum absolute atomic E-state index is 0. The molecule has 148 valence electrons. The maximum absolute atomic E-state index is 4.47. The molecule has 0 spiro atoms. The van der Waals surface area contributed by atoms with Crippen LogP contribution < -0.4 is 10.6 Å². The molecular weight excluding hydrogens is 461 g/mol. The number of guanidine groups is 1. The van der Waals surface area contributed by atoms with Crippen LogP contribution in [-0.4, -0.2) is 29.1 Å². The third-order valence-corrected chi connectivity index (χ3v) is 4.41. The number of nitrogens with one attached hydrogen (secondary N) is 2. The van der Waals surface area contributed by atoms with Crippen LogP contribution >= 0.6 is 24.0 Å². The van der Waals surface area contributed by atoms with E-state index in [1.165, 1.54) is 11.1 Å². The van der Waals surface area contributed by atoms with E-state index in [0.29, 0.717) is 6.54 Å². The van der Waals surface area contributed by atoms with Crippen LogP contribution in [0, 0.1) is 0 Å². The summed E-state index contributed by atoms with van der Waals surface area (Å²) >= 11 is 0. The van der Waals surface area contributed by atoms with Gasteiger partial charge in [-0.3, -0.25) is 4.99 Å². The fraction of sp³-hybridized carbons (Fsp3) is 0.273. The Labute approximate surface area is 184 Å². The van der Waals surface area contributed by atoms with Crippen LogP contribution in [0.5, 0.6) is 0 Å². The number of nitrogens with zero attached hydrogens (tertiary/aromatic N) is 3. The molecule has 0 aliphatic carbocycles. The van der Waals surface area contributed by atoms with Crippen LogP contribution in [0.2, 0.25) is 0 Å². The van der Waals surface area contributed by atoms with Crippen molar-refractivity contribution < 1.29 is 0 Å². The molecule has 0 atom stereocenters. The third-order valence-electron chi connectivity index (χ3n) is 4.41. The second-order valence-electron chi connectivity index (χ2n) is 6.40. The van der Waals surface area contributed by atoms with Crippen molar-refractivity contribution in [2.75, 3.05) is 13.6 Å². The van der Waals surface area contributed by atoms with Crippen molar-refractivity contribution >= 4 is 29.9 Å². The van der Waals surface area contributed by atoms with E-state index in [2.05, 4.69) is 79.8 Å². The topological polar surface area (TPSA) is 54.2 Å². The molecule has 1 aromatic heterocycles. The quantitative estimate of drug-likeness (QED) is 0.219. The van der Waals surface area contributed by atoms with Crippen molar-refractivity contribution in [3.05, 3.63) is 90.0 Å². The summed E-state index contributed by atoms with van der Waals surface area (Å²) < 4.78 is 2.16. The Bertz CT molecular complexity index is 830. The van der Waals surface area contributed by atoms with Gasteiger partial charge in [-0.05, 0) is 24.0 Å². The average Bonchev–Trinajstić information content (AvgIpc) is 3.16. The summed E-state index contributed by atoms with van der Waals surface area (Å²) in [5.74, 6) is 1.79. The Morgan fingerprint density at radius 1 is 0.964 bits per heavy atom. The molecule has 2 aromatic carbocycles. The summed E-state index contributed by atoms with van der Waals surface area (Å²) in [4.78, 5) is 8.78. The van der Waals surface area contributed by atoms with Crippen LogP contribution in [0.25, 0.3) is 0 Å². The molecule has 5 nitrogen and oxygen atoms in total. The number of aliphatic imine (C=N–C) groups is 1. The van der Waals surface area contributed by atoms with Gasteiger partial charge in [-0.1, -0.05) is 60.7 Å². The lowest BCUT2D eigenvalue weighted by atomic mass is 10.1. The van der Waals surface area contributed by atoms with Crippen LogP contribution in [0.1, 0.15) is 23.4 Å². The number of halogens is 1. The lowest BCUT2D eigenvalue weighted by Crippen LogP contribution is -2.38. The maximum Gasteiger partial charge on any atom is 0.191 e. The van der Waals surface area contributed by atoms with Gasteiger partial charge < -0.3 is 15.2 Å². The zero-order valence-electron chi connectivity index (χ0n) is 16.2. The third kappa shape index (κ3) is 6.99. The number of hydrogen-bond donors (Lipinski definition) is 2. The molecule has 6 heteroatoms. The molecule has 0 unspecified atom stereocenters. The highest BCUT2D eigenvalue weighted by Crippen LogP contribution is 2.05. The lowest BCUT2D eigenvalue weighted by Gasteiger charge is -2.13. The number of aryl methyl sites for hydroxylation is 1. The molecule has 0 fully saturated rings. The van der Waals surface area contributed by atoms with E-state index in [9.17, 15) is 0 Å². The number of aromatic nitrogens is 2. The molecule has 0 saturated carbocycles. The van der Waals surface area contributed by atoms with Crippen LogP contribution in [0.15, 0.2) is 78.0 Å². The van der Waals surface area contributed by atoms with Crippen LogP contribution in [0.4, 0.5) is 0 Å². The van der Waals surface area contributed by atoms with Crippen LogP contribution in [-0.2, 0) is 19.5 Å². The van der Waals surface area contributed by atoms with E-state index in [0.717, 1.165) is 37.7 Å². The maximum atomic E-state index is 4.47. The smallest absolute Gasteiger partial charge is 0.191 e. The second-order valence-corrected chi connectivity index (χ2v) is 6.40. The first-order chi connectivity index (χ1) is 13.3. The summed E-state index contributed by atoms with van der Waals surface area (Å²) in [5.41, 5.74) is 2.63. The monoisotopic (exact) mass is 489 g/mol. The van der Waals surface area contributed by atoms with E-state index >= 15 is 0 Å². The highest BCUT2D eigenvalue weighted by Gasteiger charge is 2.05. The fourth-order valence-corrected chi connectivity index (χ4v) is 2.96. The first-order valence-corrected chi connectivity index (χ1v) is 9.37. The summed E-state index contributed by atoms with van der Waals surface area (Å²) in [5, 5.41) is 6.73. The predicted octanol–water partition coefficient (Wildman–Crippen LogP) is 3.85. The molecule has 0 amide bonds. The number of rotatable bonds is 8. The van der Waals surface area contributed by atoms with Gasteiger partial charge in [0.2, 0.25) is 0 Å². The zero-order valence-corrected chi connectivity index (χ0v) is 18.5. The van der Waals surface area contributed by atoms with Crippen molar-refractivity contribution in [3.8, 4) is 0 Å². The van der Waals surface area contributed by atoms with Gasteiger partial charge in [-0.25, -0.2) is 4.98 Å². The highest BCUT2D eigenvalue weighted by molar-refractivity contribution is 14.0. The number of hydrogen-bond acceptors (Lipinski definition) is 2. The molecule has 0 saturated heterocycles. The van der Waals surface area contributed by atoms with E-state index < -0.39 is 0 Å². The van der Waals surface area contributed by atoms with Crippen LogP contribution in [0.3, 0.4) is 0 Å². The predicted molar refractivity (Wildman–Crippen MR) is 126 cm³/mol. The van der Waals surface area contributed by atoms with E-state index in [-0.39, 0.29) is 24.0 Å². The largest absolute Gasteiger partial charge is 0.356 e. The Balaban J connectivity index is 0.00000280. The molecule has 3 rings (SSSR count). The van der Waals surface area contributed by atoms with Gasteiger partial charge in [0.25, 0.3) is 0 Å². The van der Waals surface area contributed by atoms with Gasteiger partial charge in [0.05, 0.1) is 6.54 Å². The Kier molecular flexibility index (Phi) is 9.54. The Hall–Kier alpha value is -2.35. The summed E-state index contributed by atoms with van der Waals surface area (Å²) in [7, 11) is 1.79. The normalized spacial score (nSPS) is 11.0. The molecule has 3 aromatic rings. The van der Waals surface area contributed by atoms with E-state index in [1.807, 2.05) is 18.5 Å². The molecule has 28 heavy (non-hydrogen) atoms. The minimum Gasteiger partial charge on any atom is -0.356 e. The SMILES string of the molecule is CN=C(NCCCc1ccccc1)NCc1nccn1Cc1ccccc1.I. The van der Waals surface area contributed by atoms with Crippen molar-refractivity contribution in [1.82, 2.24) is 20.2 Å². The first kappa shape index (κ1) is 21.9. The Morgan fingerprint density at radius 3 is 2.32 bits per heavy atom. The fourth-order valence-electron chi connectivity index (χ4n) is 2.96. The Morgan fingerprint density at radius 2 is 1.64 bits per heavy atom. The molecule has 0 aliphatic heterocycles. The lowest BCUT2D eigenvalue weighted by molar-refractivity contribution is 0.682. The molecule has 0 aliphatic rings. The van der Waals surface area contributed by atoms with Gasteiger partial charge >= 0.3 is 0 Å². The molecule has 0 bridgehead atoms. The van der Waals surface area contributed by atoms with Crippen molar-refractivity contribution in [2.24, 2.45) is 4.99 Å². The second kappa shape index (κ2) is 12.2. The van der Waals surface area contributed by atoms with Crippen molar-refractivity contribution in [3.63, 3.8) is 0 Å². The molecular formula is C22H28IN5. The highest BCUT2D eigenvalue weighted by atomic mass is 127. The van der Waals surface area contributed by atoms with Gasteiger partial charge in [0, 0.05) is 32.5 Å². The van der Waals surface area contributed by atoms with Gasteiger partial charge in [-0.2, -0.15) is 0 Å². The summed E-state index contributed by atoms with van der Waals surface area (Å²) in [6.07, 6.45) is 5.98. The molecule has 0 radical (unpaired) electrons. The molecule has 1 heterocycles. The van der Waals surface area contributed by atoms with E-state index in [4.69, 9.17) is 0 Å². The van der Waals surface area contributed by atoms with Crippen molar-refractivity contribution in [1.29, 1.82) is 0 Å². The van der Waals surface area contributed by atoms with Gasteiger partial charge in [0.15, 0.2) is 5.96 Å². The summed E-state index contributed by atoms with van der Waals surface area (Å²) in [6, 6.07) is 21.0. The van der Waals surface area contributed by atoms with E-state index in [1.54, 1.807) is 7.05 Å². The van der Waals surface area contributed by atoms with Crippen molar-refractivity contribution in [2.45, 2.75) is 25.9 Å². The zero-order chi connectivity index (χ0) is 18.7.